The van der Waals surface area contributed by atoms with Crippen molar-refractivity contribution in [2.24, 2.45) is 0 Å². The molecule has 0 bridgehead atoms. The molecule has 0 aromatic rings. The molecule has 0 rings (SSSR count). The van der Waals surface area contributed by atoms with E-state index >= 15 is 0 Å². The van der Waals surface area contributed by atoms with E-state index in [4.69, 9.17) is 0 Å². The van der Waals surface area contributed by atoms with Gasteiger partial charge >= 0.3 is 5.97 Å². The second kappa shape index (κ2) is 9.46. The SMILES string of the molecule is C=CC(=O)OC.O.O. The quantitative estimate of drug-likeness (QED) is 0.319. The van der Waals surface area contributed by atoms with Crippen LogP contribution in [0.3, 0.4) is 0 Å². The monoisotopic (exact) mass is 122 g/mol. The average molecular weight is 122 g/mol. The summed E-state index contributed by atoms with van der Waals surface area (Å²) in [4.78, 5) is 9.84. The number of hydrogen-bond donors (Lipinski definition) is 0. The van der Waals surface area contributed by atoms with E-state index in [9.17, 15) is 4.79 Å². The Labute approximate surface area is 47.4 Å². The van der Waals surface area contributed by atoms with Crippen LogP contribution in [-0.4, -0.2) is 24.0 Å². The molecule has 4 heteroatoms. The Morgan fingerprint density at radius 3 is 2.00 bits per heavy atom. The van der Waals surface area contributed by atoms with Gasteiger partial charge in [0.2, 0.25) is 0 Å². The summed E-state index contributed by atoms with van der Waals surface area (Å²) < 4.78 is 4.14. The van der Waals surface area contributed by atoms with Crippen molar-refractivity contribution in [2.75, 3.05) is 7.11 Å². The lowest BCUT2D eigenvalue weighted by atomic mass is 10.7. The van der Waals surface area contributed by atoms with E-state index in [-0.39, 0.29) is 11.0 Å². The number of esters is 1. The lowest BCUT2D eigenvalue weighted by Gasteiger charge is -1.83. The Balaban J connectivity index is -0.000000125. The van der Waals surface area contributed by atoms with Crippen LogP contribution in [0.4, 0.5) is 0 Å². The van der Waals surface area contributed by atoms with E-state index in [1.165, 1.54) is 7.11 Å². The molecule has 0 atom stereocenters. The Morgan fingerprint density at radius 1 is 1.62 bits per heavy atom. The lowest BCUT2D eigenvalue weighted by Crippen LogP contribution is -1.91. The molecule has 0 aromatic carbocycles. The highest BCUT2D eigenvalue weighted by atomic mass is 16.5. The first kappa shape index (κ1) is 15.7. The Morgan fingerprint density at radius 2 is 2.00 bits per heavy atom. The standard InChI is InChI=1S/C4H6O2.2H2O/c1-3-4(5)6-2;;/h3H,1H2,2H3;2*1H2. The van der Waals surface area contributed by atoms with Crippen molar-refractivity contribution < 1.29 is 20.5 Å². The van der Waals surface area contributed by atoms with Crippen LogP contribution in [0.25, 0.3) is 0 Å². The molecule has 4 N–H and O–H groups in total. The van der Waals surface area contributed by atoms with Crippen molar-refractivity contribution in [1.29, 1.82) is 0 Å². The van der Waals surface area contributed by atoms with Gasteiger partial charge in [-0.3, -0.25) is 0 Å². The van der Waals surface area contributed by atoms with Gasteiger partial charge in [0.05, 0.1) is 7.11 Å². The van der Waals surface area contributed by atoms with Crippen molar-refractivity contribution >= 4 is 5.97 Å². The van der Waals surface area contributed by atoms with Crippen LogP contribution < -0.4 is 0 Å². The molecule has 0 heterocycles. The minimum atomic E-state index is -0.394. The van der Waals surface area contributed by atoms with Crippen LogP contribution in [0, 0.1) is 0 Å². The van der Waals surface area contributed by atoms with Crippen molar-refractivity contribution in [3.63, 3.8) is 0 Å². The van der Waals surface area contributed by atoms with Gasteiger partial charge in [-0.15, -0.1) is 0 Å². The van der Waals surface area contributed by atoms with E-state index in [2.05, 4.69) is 11.3 Å². The molecular weight excluding hydrogens is 112 g/mol. The third-order valence-corrected chi connectivity index (χ3v) is 0.368. The van der Waals surface area contributed by atoms with Gasteiger partial charge < -0.3 is 15.7 Å². The molecule has 0 saturated heterocycles. The number of hydrogen-bond acceptors (Lipinski definition) is 2. The Hall–Kier alpha value is -0.870. The van der Waals surface area contributed by atoms with E-state index < -0.39 is 5.97 Å². The normalized spacial score (nSPS) is 5.12. The summed E-state index contributed by atoms with van der Waals surface area (Å²) in [5.74, 6) is -0.394. The van der Waals surface area contributed by atoms with Gasteiger partial charge in [0.15, 0.2) is 0 Å². The topological polar surface area (TPSA) is 89.3 Å². The Bertz CT molecular complexity index is 68.4. The maximum Gasteiger partial charge on any atom is 0.329 e. The summed E-state index contributed by atoms with van der Waals surface area (Å²) in [5, 5.41) is 0. The fourth-order valence-electron chi connectivity index (χ4n) is 0.0833. The van der Waals surface area contributed by atoms with Gasteiger partial charge in [0.25, 0.3) is 0 Å². The molecule has 4 nitrogen and oxygen atoms in total. The maximum absolute atomic E-state index is 9.84. The van der Waals surface area contributed by atoms with Gasteiger partial charge in [-0.2, -0.15) is 0 Å². The second-order valence-corrected chi connectivity index (χ2v) is 0.727. The zero-order valence-corrected chi connectivity index (χ0v) is 4.60. The highest BCUT2D eigenvalue weighted by Crippen LogP contribution is 1.67. The molecule has 0 saturated carbocycles. The summed E-state index contributed by atoms with van der Waals surface area (Å²) in [6.07, 6.45) is 1.11. The van der Waals surface area contributed by atoms with Gasteiger partial charge in [-0.05, 0) is 0 Å². The molecule has 0 radical (unpaired) electrons. The average Bonchev–Trinajstić information content (AvgIpc) is 1.65. The predicted molar refractivity (Wildman–Crippen MR) is 29.4 cm³/mol. The van der Waals surface area contributed by atoms with Crippen LogP contribution in [0.2, 0.25) is 0 Å². The zero-order valence-electron chi connectivity index (χ0n) is 4.60. The highest BCUT2D eigenvalue weighted by Gasteiger charge is 1.81. The maximum atomic E-state index is 9.84. The van der Waals surface area contributed by atoms with Gasteiger partial charge in [-0.1, -0.05) is 6.58 Å². The molecule has 0 aliphatic heterocycles. The first-order valence-corrected chi connectivity index (χ1v) is 1.51. The smallest absolute Gasteiger partial charge is 0.329 e. The molecule has 0 aliphatic rings. The summed E-state index contributed by atoms with van der Waals surface area (Å²) in [7, 11) is 1.31. The molecule has 0 fully saturated rings. The second-order valence-electron chi connectivity index (χ2n) is 0.727. The van der Waals surface area contributed by atoms with E-state index in [1.54, 1.807) is 0 Å². The minimum Gasteiger partial charge on any atom is -0.466 e. The molecule has 0 spiro atoms. The number of rotatable bonds is 1. The molecule has 50 valence electrons. The fraction of sp³-hybridized carbons (Fsp3) is 0.250. The van der Waals surface area contributed by atoms with Crippen LogP contribution in [0.15, 0.2) is 12.7 Å². The first-order valence-electron chi connectivity index (χ1n) is 1.51. The first-order chi connectivity index (χ1) is 2.81. The van der Waals surface area contributed by atoms with Crippen molar-refractivity contribution in [2.45, 2.75) is 0 Å². The number of carbonyl (C=O) groups is 1. The van der Waals surface area contributed by atoms with Crippen molar-refractivity contribution in [3.8, 4) is 0 Å². The predicted octanol–water partition coefficient (Wildman–Crippen LogP) is -1.30. The van der Waals surface area contributed by atoms with Crippen molar-refractivity contribution in [1.82, 2.24) is 0 Å². The third-order valence-electron chi connectivity index (χ3n) is 0.368. The molecule has 0 aromatic heterocycles. The van der Waals surface area contributed by atoms with Gasteiger partial charge in [-0.25, -0.2) is 4.79 Å². The Kier molecular flexibility index (Phi) is 18.6. The van der Waals surface area contributed by atoms with E-state index in [1.807, 2.05) is 0 Å². The molecule has 0 aliphatic carbocycles. The number of carbonyl (C=O) groups excluding carboxylic acids is 1. The van der Waals surface area contributed by atoms with Crippen molar-refractivity contribution in [3.05, 3.63) is 12.7 Å². The van der Waals surface area contributed by atoms with Crippen LogP contribution in [-0.2, 0) is 9.53 Å². The van der Waals surface area contributed by atoms with E-state index in [0.29, 0.717) is 0 Å². The number of methoxy groups -OCH3 is 1. The minimum absolute atomic E-state index is 0. The van der Waals surface area contributed by atoms with Crippen LogP contribution in [0.5, 0.6) is 0 Å². The number of ether oxygens (including phenoxy) is 1. The van der Waals surface area contributed by atoms with Gasteiger partial charge in [0.1, 0.15) is 0 Å². The largest absolute Gasteiger partial charge is 0.466 e. The fourth-order valence-corrected chi connectivity index (χ4v) is 0.0833. The lowest BCUT2D eigenvalue weighted by molar-refractivity contribution is -0.134. The molecular formula is C4H10O4. The summed E-state index contributed by atoms with van der Waals surface area (Å²) >= 11 is 0. The molecule has 0 unspecified atom stereocenters. The van der Waals surface area contributed by atoms with Crippen LogP contribution in [0.1, 0.15) is 0 Å². The van der Waals surface area contributed by atoms with E-state index in [0.717, 1.165) is 6.08 Å². The van der Waals surface area contributed by atoms with Crippen LogP contribution >= 0.6 is 0 Å². The third kappa shape index (κ3) is 8.93. The summed E-state index contributed by atoms with van der Waals surface area (Å²) in [5.41, 5.74) is 0. The molecule has 8 heavy (non-hydrogen) atoms. The zero-order chi connectivity index (χ0) is 4.99. The highest BCUT2D eigenvalue weighted by molar-refractivity contribution is 5.80. The summed E-state index contributed by atoms with van der Waals surface area (Å²) in [6, 6.07) is 0. The molecule has 0 amide bonds. The summed E-state index contributed by atoms with van der Waals surface area (Å²) in [6.45, 7) is 3.16. The van der Waals surface area contributed by atoms with Gasteiger partial charge in [0, 0.05) is 6.08 Å².